The SMILES string of the molecule is CCOCCN(CC)C(CN)COC. The highest BCUT2D eigenvalue weighted by molar-refractivity contribution is 4.70. The molecule has 0 fully saturated rings. The van der Waals surface area contributed by atoms with E-state index in [9.17, 15) is 0 Å². The third kappa shape index (κ3) is 5.54. The van der Waals surface area contributed by atoms with E-state index in [-0.39, 0.29) is 0 Å². The zero-order chi connectivity index (χ0) is 10.8. The Bertz CT molecular complexity index is 123. The molecule has 0 bridgehead atoms. The topological polar surface area (TPSA) is 47.7 Å². The smallest absolute Gasteiger partial charge is 0.0630 e. The van der Waals surface area contributed by atoms with E-state index in [2.05, 4.69) is 11.8 Å². The molecule has 0 aliphatic carbocycles. The van der Waals surface area contributed by atoms with Gasteiger partial charge < -0.3 is 15.2 Å². The minimum Gasteiger partial charge on any atom is -0.383 e. The number of hydrogen-bond acceptors (Lipinski definition) is 4. The Balaban J connectivity index is 3.81. The lowest BCUT2D eigenvalue weighted by molar-refractivity contribution is 0.0635. The van der Waals surface area contributed by atoms with Crippen molar-refractivity contribution >= 4 is 0 Å². The van der Waals surface area contributed by atoms with E-state index in [4.69, 9.17) is 15.2 Å². The summed E-state index contributed by atoms with van der Waals surface area (Å²) in [5.41, 5.74) is 5.68. The summed E-state index contributed by atoms with van der Waals surface area (Å²) >= 11 is 0. The largest absolute Gasteiger partial charge is 0.383 e. The zero-order valence-corrected chi connectivity index (χ0v) is 9.66. The number of nitrogens with two attached hydrogens (primary N) is 1. The van der Waals surface area contributed by atoms with Crippen LogP contribution in [0.2, 0.25) is 0 Å². The molecule has 1 unspecified atom stereocenters. The third-order valence-corrected chi connectivity index (χ3v) is 2.28. The molecular weight excluding hydrogens is 180 g/mol. The van der Waals surface area contributed by atoms with Gasteiger partial charge in [-0.15, -0.1) is 0 Å². The van der Waals surface area contributed by atoms with Crippen LogP contribution in [0.4, 0.5) is 0 Å². The normalized spacial score (nSPS) is 13.5. The van der Waals surface area contributed by atoms with Crippen molar-refractivity contribution in [2.45, 2.75) is 19.9 Å². The van der Waals surface area contributed by atoms with E-state index < -0.39 is 0 Å². The first-order chi connectivity index (χ1) is 6.79. The van der Waals surface area contributed by atoms with Gasteiger partial charge in [0.1, 0.15) is 0 Å². The second-order valence-corrected chi connectivity index (χ2v) is 3.17. The van der Waals surface area contributed by atoms with E-state index >= 15 is 0 Å². The van der Waals surface area contributed by atoms with Crippen LogP contribution in [0.3, 0.4) is 0 Å². The van der Waals surface area contributed by atoms with Crippen LogP contribution in [0.15, 0.2) is 0 Å². The van der Waals surface area contributed by atoms with Crippen molar-refractivity contribution in [1.29, 1.82) is 0 Å². The molecule has 4 nitrogen and oxygen atoms in total. The van der Waals surface area contributed by atoms with Crippen molar-refractivity contribution < 1.29 is 9.47 Å². The van der Waals surface area contributed by atoms with Gasteiger partial charge in [0.25, 0.3) is 0 Å². The lowest BCUT2D eigenvalue weighted by atomic mass is 10.2. The second-order valence-electron chi connectivity index (χ2n) is 3.17. The predicted molar refractivity (Wildman–Crippen MR) is 58.5 cm³/mol. The van der Waals surface area contributed by atoms with Crippen molar-refractivity contribution in [3.8, 4) is 0 Å². The Morgan fingerprint density at radius 1 is 1.36 bits per heavy atom. The zero-order valence-electron chi connectivity index (χ0n) is 9.66. The van der Waals surface area contributed by atoms with Crippen molar-refractivity contribution in [2.75, 3.05) is 46.6 Å². The van der Waals surface area contributed by atoms with Crippen LogP contribution in [-0.4, -0.2) is 57.5 Å². The van der Waals surface area contributed by atoms with Crippen molar-refractivity contribution in [3.63, 3.8) is 0 Å². The third-order valence-electron chi connectivity index (χ3n) is 2.28. The first-order valence-electron chi connectivity index (χ1n) is 5.30. The maximum Gasteiger partial charge on any atom is 0.0630 e. The number of likely N-dealkylation sites (N-methyl/N-ethyl adjacent to an activating group) is 1. The van der Waals surface area contributed by atoms with Crippen LogP contribution >= 0.6 is 0 Å². The Labute approximate surface area is 87.4 Å². The monoisotopic (exact) mass is 204 g/mol. The summed E-state index contributed by atoms with van der Waals surface area (Å²) in [5.74, 6) is 0. The summed E-state index contributed by atoms with van der Waals surface area (Å²) in [6, 6.07) is 0.311. The molecule has 86 valence electrons. The van der Waals surface area contributed by atoms with Crippen LogP contribution in [0.25, 0.3) is 0 Å². The Morgan fingerprint density at radius 3 is 2.50 bits per heavy atom. The number of ether oxygens (including phenoxy) is 2. The van der Waals surface area contributed by atoms with Gasteiger partial charge in [0.2, 0.25) is 0 Å². The minimum absolute atomic E-state index is 0.311. The quantitative estimate of drug-likeness (QED) is 0.549. The van der Waals surface area contributed by atoms with Gasteiger partial charge in [-0.05, 0) is 13.5 Å². The van der Waals surface area contributed by atoms with E-state index in [1.54, 1.807) is 7.11 Å². The number of hydrogen-bond donors (Lipinski definition) is 1. The molecule has 0 saturated heterocycles. The summed E-state index contributed by atoms with van der Waals surface area (Å²) in [4.78, 5) is 2.29. The highest BCUT2D eigenvalue weighted by Crippen LogP contribution is 1.98. The summed E-state index contributed by atoms with van der Waals surface area (Å²) in [6.45, 7) is 8.91. The average Bonchev–Trinajstić information content (AvgIpc) is 2.22. The van der Waals surface area contributed by atoms with Gasteiger partial charge in [-0.3, -0.25) is 4.90 Å². The number of rotatable bonds is 9. The summed E-state index contributed by atoms with van der Waals surface area (Å²) in [5, 5.41) is 0. The van der Waals surface area contributed by atoms with Crippen LogP contribution in [0, 0.1) is 0 Å². The molecule has 0 aliphatic heterocycles. The molecule has 0 aromatic heterocycles. The highest BCUT2D eigenvalue weighted by atomic mass is 16.5. The van der Waals surface area contributed by atoms with Crippen LogP contribution in [0.1, 0.15) is 13.8 Å². The summed E-state index contributed by atoms with van der Waals surface area (Å²) in [6.07, 6.45) is 0. The molecule has 0 aromatic rings. The van der Waals surface area contributed by atoms with Gasteiger partial charge in [-0.1, -0.05) is 6.92 Å². The molecule has 0 radical (unpaired) electrons. The van der Waals surface area contributed by atoms with E-state index in [1.165, 1.54) is 0 Å². The van der Waals surface area contributed by atoms with Crippen LogP contribution in [0.5, 0.6) is 0 Å². The van der Waals surface area contributed by atoms with Gasteiger partial charge in [-0.2, -0.15) is 0 Å². The molecular formula is C10H24N2O2. The Morgan fingerprint density at radius 2 is 2.07 bits per heavy atom. The lowest BCUT2D eigenvalue weighted by Gasteiger charge is -2.28. The van der Waals surface area contributed by atoms with Crippen molar-refractivity contribution in [2.24, 2.45) is 5.73 Å². The van der Waals surface area contributed by atoms with Crippen LogP contribution in [-0.2, 0) is 9.47 Å². The first kappa shape index (κ1) is 13.8. The van der Waals surface area contributed by atoms with Gasteiger partial charge in [0.15, 0.2) is 0 Å². The fraction of sp³-hybridized carbons (Fsp3) is 1.00. The summed E-state index contributed by atoms with van der Waals surface area (Å²) < 4.78 is 10.4. The number of nitrogens with zero attached hydrogens (tertiary/aromatic N) is 1. The maximum absolute atomic E-state index is 5.68. The van der Waals surface area contributed by atoms with Gasteiger partial charge in [0, 0.05) is 32.8 Å². The summed E-state index contributed by atoms with van der Waals surface area (Å²) in [7, 11) is 1.71. The molecule has 0 amide bonds. The molecule has 0 aromatic carbocycles. The van der Waals surface area contributed by atoms with Gasteiger partial charge in [-0.25, -0.2) is 0 Å². The first-order valence-corrected chi connectivity index (χ1v) is 5.30. The van der Waals surface area contributed by atoms with Gasteiger partial charge in [0.05, 0.1) is 13.2 Å². The molecule has 14 heavy (non-hydrogen) atoms. The molecule has 0 spiro atoms. The highest BCUT2D eigenvalue weighted by Gasteiger charge is 2.14. The fourth-order valence-electron chi connectivity index (χ4n) is 1.44. The Hall–Kier alpha value is -0.160. The maximum atomic E-state index is 5.68. The second kappa shape index (κ2) is 9.40. The van der Waals surface area contributed by atoms with Crippen molar-refractivity contribution in [3.05, 3.63) is 0 Å². The van der Waals surface area contributed by atoms with E-state index in [0.29, 0.717) is 19.2 Å². The fourth-order valence-corrected chi connectivity index (χ4v) is 1.44. The lowest BCUT2D eigenvalue weighted by Crippen LogP contribution is -2.45. The molecule has 2 N–H and O–H groups in total. The minimum atomic E-state index is 0.311. The standard InChI is InChI=1S/C10H24N2O2/c1-4-12(6-7-14-5-2)10(8-11)9-13-3/h10H,4-9,11H2,1-3H3. The predicted octanol–water partition coefficient (Wildman–Crippen LogP) is 0.319. The molecule has 0 aliphatic rings. The molecule has 0 saturated carbocycles. The van der Waals surface area contributed by atoms with E-state index in [1.807, 2.05) is 6.92 Å². The molecule has 1 atom stereocenters. The van der Waals surface area contributed by atoms with E-state index in [0.717, 1.165) is 26.3 Å². The molecule has 0 heterocycles. The Kier molecular flexibility index (Phi) is 9.29. The molecule has 0 rings (SSSR count). The van der Waals surface area contributed by atoms with Crippen molar-refractivity contribution in [1.82, 2.24) is 4.90 Å². The number of methoxy groups -OCH3 is 1. The average molecular weight is 204 g/mol. The molecule has 4 heteroatoms. The van der Waals surface area contributed by atoms with Crippen LogP contribution < -0.4 is 5.73 Å². The van der Waals surface area contributed by atoms with Gasteiger partial charge >= 0.3 is 0 Å².